The van der Waals surface area contributed by atoms with E-state index < -0.39 is 0 Å². The smallest absolute Gasteiger partial charge is 0.228 e. The molecule has 0 fully saturated rings. The van der Waals surface area contributed by atoms with Gasteiger partial charge in [-0.15, -0.1) is 24.0 Å². The van der Waals surface area contributed by atoms with E-state index in [4.69, 9.17) is 16.1 Å². The summed E-state index contributed by atoms with van der Waals surface area (Å²) in [6.07, 6.45) is 1.51. The molecule has 154 valence electrons. The van der Waals surface area contributed by atoms with Crippen LogP contribution in [0, 0.1) is 0 Å². The van der Waals surface area contributed by atoms with Crippen molar-refractivity contribution >= 4 is 41.5 Å². The van der Waals surface area contributed by atoms with E-state index in [1.807, 2.05) is 37.3 Å². The molecule has 3 rings (SSSR count). The molecule has 0 spiro atoms. The lowest BCUT2D eigenvalue weighted by molar-refractivity contribution is 0.380. The number of benzene rings is 2. The predicted molar refractivity (Wildman–Crippen MR) is 128 cm³/mol. The van der Waals surface area contributed by atoms with Crippen molar-refractivity contribution in [2.24, 2.45) is 4.99 Å². The topological polar surface area (TPSA) is 75.3 Å². The van der Waals surface area contributed by atoms with Crippen LogP contribution in [0.25, 0.3) is 11.4 Å². The molecule has 1 heterocycles. The third-order valence-electron chi connectivity index (χ3n) is 4.04. The summed E-state index contributed by atoms with van der Waals surface area (Å²) in [6, 6.07) is 17.8. The van der Waals surface area contributed by atoms with Crippen LogP contribution in [0.4, 0.5) is 0 Å². The lowest BCUT2D eigenvalue weighted by atomic mass is 10.1. The highest BCUT2D eigenvalue weighted by molar-refractivity contribution is 14.0. The number of halogens is 2. The minimum absolute atomic E-state index is 0. The third kappa shape index (κ3) is 7.66. The molecule has 0 bridgehead atoms. The van der Waals surface area contributed by atoms with Gasteiger partial charge in [0.2, 0.25) is 11.7 Å². The molecule has 0 aliphatic carbocycles. The van der Waals surface area contributed by atoms with Crippen LogP contribution in [0.5, 0.6) is 0 Å². The Balaban J connectivity index is 0.00000300. The predicted octanol–water partition coefficient (Wildman–Crippen LogP) is 4.35. The summed E-state index contributed by atoms with van der Waals surface area (Å²) in [7, 11) is 0. The fraction of sp³-hybridized carbons (Fsp3) is 0.286. The summed E-state index contributed by atoms with van der Waals surface area (Å²) in [5, 5.41) is 11.3. The molecule has 0 saturated carbocycles. The molecule has 0 amide bonds. The maximum Gasteiger partial charge on any atom is 0.228 e. The van der Waals surface area contributed by atoms with Crippen LogP contribution in [0.15, 0.2) is 64.1 Å². The summed E-state index contributed by atoms with van der Waals surface area (Å²) in [5.74, 6) is 1.88. The maximum atomic E-state index is 6.01. The molecule has 0 radical (unpaired) electrons. The number of rotatable bonds is 8. The molecule has 0 saturated heterocycles. The highest BCUT2D eigenvalue weighted by Crippen LogP contribution is 2.19. The minimum Gasteiger partial charge on any atom is -0.357 e. The van der Waals surface area contributed by atoms with Crippen LogP contribution in [0.3, 0.4) is 0 Å². The van der Waals surface area contributed by atoms with Crippen molar-refractivity contribution in [1.82, 2.24) is 20.8 Å². The van der Waals surface area contributed by atoms with Crippen molar-refractivity contribution in [3.05, 3.63) is 71.1 Å². The largest absolute Gasteiger partial charge is 0.357 e. The Labute approximate surface area is 193 Å². The second-order valence-electron chi connectivity index (χ2n) is 6.20. The molecular weight excluding hydrogens is 501 g/mol. The zero-order valence-electron chi connectivity index (χ0n) is 16.3. The van der Waals surface area contributed by atoms with E-state index in [0.717, 1.165) is 31.0 Å². The van der Waals surface area contributed by atoms with Crippen LogP contribution in [-0.2, 0) is 12.8 Å². The molecule has 1 aromatic heterocycles. The molecular formula is C21H25ClIN5O. The molecule has 6 nitrogen and oxygen atoms in total. The molecule has 0 atom stereocenters. The van der Waals surface area contributed by atoms with Gasteiger partial charge in [-0.2, -0.15) is 4.98 Å². The van der Waals surface area contributed by atoms with Crippen molar-refractivity contribution < 1.29 is 4.52 Å². The van der Waals surface area contributed by atoms with Crippen molar-refractivity contribution in [3.63, 3.8) is 0 Å². The summed E-state index contributed by atoms with van der Waals surface area (Å²) in [4.78, 5) is 9.00. The van der Waals surface area contributed by atoms with E-state index in [1.54, 1.807) is 0 Å². The average Bonchev–Trinajstić information content (AvgIpc) is 3.18. The van der Waals surface area contributed by atoms with Crippen molar-refractivity contribution in [2.75, 3.05) is 19.6 Å². The second-order valence-corrected chi connectivity index (χ2v) is 6.63. The number of nitrogens with one attached hydrogen (secondary N) is 2. The Morgan fingerprint density at radius 3 is 2.66 bits per heavy atom. The highest BCUT2D eigenvalue weighted by atomic mass is 127. The standard InChI is InChI=1S/C21H24ClN5O.HI/c1-2-23-21(24-13-11-16-7-4-3-5-8-16)25-14-12-19-26-20(27-28-19)17-9-6-10-18(22)15-17;/h3-10,15H,2,11-14H2,1H3,(H2,23,24,25);1H. The highest BCUT2D eigenvalue weighted by Gasteiger charge is 2.09. The third-order valence-corrected chi connectivity index (χ3v) is 4.27. The van der Waals surface area contributed by atoms with Gasteiger partial charge in [0.1, 0.15) is 0 Å². The monoisotopic (exact) mass is 525 g/mol. The first-order valence-corrected chi connectivity index (χ1v) is 9.77. The van der Waals surface area contributed by atoms with Crippen LogP contribution < -0.4 is 10.6 Å². The van der Waals surface area contributed by atoms with Crippen molar-refractivity contribution in [3.8, 4) is 11.4 Å². The fourth-order valence-corrected chi connectivity index (χ4v) is 2.87. The summed E-state index contributed by atoms with van der Waals surface area (Å²) < 4.78 is 5.33. The van der Waals surface area contributed by atoms with Gasteiger partial charge in [0.25, 0.3) is 0 Å². The van der Waals surface area contributed by atoms with Gasteiger partial charge in [0, 0.05) is 30.1 Å². The molecule has 0 aliphatic rings. The van der Waals surface area contributed by atoms with Gasteiger partial charge >= 0.3 is 0 Å². The first-order chi connectivity index (χ1) is 13.7. The molecule has 29 heavy (non-hydrogen) atoms. The van der Waals surface area contributed by atoms with E-state index in [-0.39, 0.29) is 24.0 Å². The molecule has 8 heteroatoms. The molecule has 0 unspecified atom stereocenters. The molecule has 2 aromatic carbocycles. The lowest BCUT2D eigenvalue weighted by Gasteiger charge is -2.11. The average molecular weight is 526 g/mol. The van der Waals surface area contributed by atoms with Crippen molar-refractivity contribution in [2.45, 2.75) is 19.8 Å². The zero-order chi connectivity index (χ0) is 19.6. The van der Waals surface area contributed by atoms with Gasteiger partial charge in [0.15, 0.2) is 5.96 Å². The molecule has 2 N–H and O–H groups in total. The molecule has 3 aromatic rings. The number of aliphatic imine (C=N–C) groups is 1. The lowest BCUT2D eigenvalue weighted by Crippen LogP contribution is -2.38. The van der Waals surface area contributed by atoms with Crippen LogP contribution in [0.1, 0.15) is 18.4 Å². The SMILES string of the molecule is CCNC(=NCCc1nc(-c2cccc(Cl)c2)no1)NCCc1ccccc1.I. The van der Waals surface area contributed by atoms with Gasteiger partial charge in [-0.05, 0) is 31.0 Å². The quantitative estimate of drug-likeness (QED) is 0.260. The first-order valence-electron chi connectivity index (χ1n) is 9.39. The van der Waals surface area contributed by atoms with Gasteiger partial charge in [-0.25, -0.2) is 0 Å². The van der Waals surface area contributed by atoms with Crippen LogP contribution >= 0.6 is 35.6 Å². The van der Waals surface area contributed by atoms with Crippen LogP contribution in [-0.4, -0.2) is 35.7 Å². The van der Waals surface area contributed by atoms with E-state index >= 15 is 0 Å². The number of aromatic nitrogens is 2. The fourth-order valence-electron chi connectivity index (χ4n) is 2.68. The van der Waals surface area contributed by atoms with E-state index in [2.05, 4.69) is 50.0 Å². The Hall–Kier alpha value is -2.13. The second kappa shape index (κ2) is 12.4. The Bertz CT molecular complexity index is 901. The van der Waals surface area contributed by atoms with Gasteiger partial charge in [0.05, 0.1) is 6.54 Å². The number of nitrogens with zero attached hydrogens (tertiary/aromatic N) is 3. The van der Waals surface area contributed by atoms with E-state index in [0.29, 0.717) is 29.7 Å². The summed E-state index contributed by atoms with van der Waals surface area (Å²) in [6.45, 7) is 4.22. The Morgan fingerprint density at radius 1 is 1.07 bits per heavy atom. The summed E-state index contributed by atoms with van der Waals surface area (Å²) in [5.41, 5.74) is 2.13. The van der Waals surface area contributed by atoms with Crippen LogP contribution in [0.2, 0.25) is 5.02 Å². The minimum atomic E-state index is 0. The Morgan fingerprint density at radius 2 is 1.90 bits per heavy atom. The summed E-state index contributed by atoms with van der Waals surface area (Å²) >= 11 is 6.01. The number of hydrogen-bond donors (Lipinski definition) is 2. The van der Waals surface area contributed by atoms with E-state index in [9.17, 15) is 0 Å². The normalized spacial score (nSPS) is 11.0. The number of hydrogen-bond acceptors (Lipinski definition) is 4. The van der Waals surface area contributed by atoms with Gasteiger partial charge < -0.3 is 15.2 Å². The maximum absolute atomic E-state index is 6.01. The first kappa shape index (κ1) is 23.2. The van der Waals surface area contributed by atoms with Gasteiger partial charge in [-0.1, -0.05) is 59.2 Å². The Kier molecular flexibility index (Phi) is 9.93. The zero-order valence-corrected chi connectivity index (χ0v) is 19.4. The molecule has 0 aliphatic heterocycles. The van der Waals surface area contributed by atoms with Crippen molar-refractivity contribution in [1.29, 1.82) is 0 Å². The van der Waals surface area contributed by atoms with Gasteiger partial charge in [-0.3, -0.25) is 4.99 Å². The van der Waals surface area contributed by atoms with E-state index in [1.165, 1.54) is 5.56 Å². The number of guanidine groups is 1.